The molecule has 3 nitrogen and oxygen atoms in total. The maximum absolute atomic E-state index is 12.5. The van der Waals surface area contributed by atoms with Gasteiger partial charge in [0, 0.05) is 13.1 Å². The maximum atomic E-state index is 12.5. The van der Waals surface area contributed by atoms with E-state index in [1.165, 1.54) is 0 Å². The summed E-state index contributed by atoms with van der Waals surface area (Å²) in [5.41, 5.74) is 1.08. The zero-order chi connectivity index (χ0) is 13.2. The lowest BCUT2D eigenvalue weighted by molar-refractivity contribution is 0.261. The van der Waals surface area contributed by atoms with Crippen LogP contribution in [0.5, 0.6) is 0 Å². The summed E-state index contributed by atoms with van der Waals surface area (Å²) >= 11 is 0. The molecule has 1 fully saturated rings. The third kappa shape index (κ3) is 2.75. The average molecular weight is 267 g/mol. The second-order valence-electron chi connectivity index (χ2n) is 5.09. The summed E-state index contributed by atoms with van der Waals surface area (Å²) in [4.78, 5) is 0.421. The zero-order valence-corrected chi connectivity index (χ0v) is 11.9. The van der Waals surface area contributed by atoms with E-state index in [1.54, 1.807) is 16.4 Å². The molecule has 1 aliphatic heterocycles. The Labute approximate surface area is 110 Å². The molecule has 1 aliphatic rings. The van der Waals surface area contributed by atoms with Crippen molar-refractivity contribution in [1.29, 1.82) is 0 Å². The molecule has 1 unspecified atom stereocenters. The van der Waals surface area contributed by atoms with Gasteiger partial charge in [-0.25, -0.2) is 8.42 Å². The smallest absolute Gasteiger partial charge is 0.207 e. The fourth-order valence-corrected chi connectivity index (χ4v) is 3.99. The number of sulfonamides is 1. The largest absolute Gasteiger partial charge is 0.243 e. The molecule has 2 rings (SSSR count). The van der Waals surface area contributed by atoms with Gasteiger partial charge in [-0.2, -0.15) is 4.31 Å². The first kappa shape index (κ1) is 13.6. The Balaban J connectivity index is 2.22. The van der Waals surface area contributed by atoms with Gasteiger partial charge in [0.2, 0.25) is 10.0 Å². The highest BCUT2D eigenvalue weighted by Crippen LogP contribution is 2.25. The van der Waals surface area contributed by atoms with Gasteiger partial charge in [-0.1, -0.05) is 31.0 Å². The fourth-order valence-electron chi connectivity index (χ4n) is 2.44. The van der Waals surface area contributed by atoms with Crippen molar-refractivity contribution in [2.75, 3.05) is 13.1 Å². The molecule has 1 aromatic rings. The summed E-state index contributed by atoms with van der Waals surface area (Å²) in [5, 5.41) is 0. The molecule has 4 heteroatoms. The monoisotopic (exact) mass is 267 g/mol. The van der Waals surface area contributed by atoms with Gasteiger partial charge in [-0.05, 0) is 37.8 Å². The maximum Gasteiger partial charge on any atom is 0.243 e. The van der Waals surface area contributed by atoms with E-state index in [9.17, 15) is 8.42 Å². The summed E-state index contributed by atoms with van der Waals surface area (Å²) in [7, 11) is -3.29. The third-order valence-electron chi connectivity index (χ3n) is 3.72. The van der Waals surface area contributed by atoms with E-state index in [0.717, 1.165) is 24.8 Å². The molecule has 0 radical (unpaired) electrons. The van der Waals surface area contributed by atoms with Crippen molar-refractivity contribution in [1.82, 2.24) is 4.31 Å². The van der Waals surface area contributed by atoms with Gasteiger partial charge >= 0.3 is 0 Å². The molecule has 0 amide bonds. The number of nitrogens with zero attached hydrogens (tertiary/aromatic N) is 1. The third-order valence-corrected chi connectivity index (χ3v) is 5.60. The first-order valence-corrected chi connectivity index (χ1v) is 8.05. The zero-order valence-electron chi connectivity index (χ0n) is 11.1. The molecule has 1 heterocycles. The van der Waals surface area contributed by atoms with E-state index in [2.05, 4.69) is 6.92 Å². The Kier molecular flexibility index (Phi) is 4.07. The van der Waals surface area contributed by atoms with Crippen LogP contribution in [0.2, 0.25) is 0 Å². The fraction of sp³-hybridized carbons (Fsp3) is 0.571. The van der Waals surface area contributed by atoms with Crippen LogP contribution in [0.15, 0.2) is 29.2 Å². The van der Waals surface area contributed by atoms with Gasteiger partial charge in [0.15, 0.2) is 0 Å². The number of aryl methyl sites for hydroxylation is 1. The molecule has 100 valence electrons. The molecule has 18 heavy (non-hydrogen) atoms. The SMILES string of the molecule is CCC1CCCN(S(=O)(=O)c2ccc(C)cc2)C1. The molecule has 0 N–H and O–H groups in total. The van der Waals surface area contributed by atoms with Gasteiger partial charge in [0.05, 0.1) is 4.90 Å². The summed E-state index contributed by atoms with van der Waals surface area (Å²) in [6.07, 6.45) is 3.18. The van der Waals surface area contributed by atoms with Crippen molar-refractivity contribution in [2.45, 2.75) is 38.0 Å². The quantitative estimate of drug-likeness (QED) is 0.844. The van der Waals surface area contributed by atoms with Crippen LogP contribution < -0.4 is 0 Å². The number of rotatable bonds is 3. The van der Waals surface area contributed by atoms with E-state index in [0.29, 0.717) is 23.9 Å². The number of piperidine rings is 1. The van der Waals surface area contributed by atoms with Crippen molar-refractivity contribution < 1.29 is 8.42 Å². The van der Waals surface area contributed by atoms with Crippen LogP contribution in [0.4, 0.5) is 0 Å². The van der Waals surface area contributed by atoms with Crippen molar-refractivity contribution in [3.05, 3.63) is 29.8 Å². The molecular formula is C14H21NO2S. The van der Waals surface area contributed by atoms with Crippen molar-refractivity contribution in [3.63, 3.8) is 0 Å². The summed E-state index contributed by atoms with van der Waals surface area (Å²) < 4.78 is 26.6. The van der Waals surface area contributed by atoms with E-state index in [1.807, 2.05) is 19.1 Å². The molecular weight excluding hydrogens is 246 g/mol. The molecule has 1 atom stereocenters. The Bertz CT molecular complexity index is 493. The highest BCUT2D eigenvalue weighted by Gasteiger charge is 2.29. The molecule has 1 aromatic carbocycles. The highest BCUT2D eigenvalue weighted by molar-refractivity contribution is 7.89. The second kappa shape index (κ2) is 5.41. The van der Waals surface area contributed by atoms with Crippen LogP contribution in [0.1, 0.15) is 31.7 Å². The van der Waals surface area contributed by atoms with E-state index >= 15 is 0 Å². The van der Waals surface area contributed by atoms with Gasteiger partial charge < -0.3 is 0 Å². The van der Waals surface area contributed by atoms with Gasteiger partial charge in [0.25, 0.3) is 0 Å². The van der Waals surface area contributed by atoms with Crippen molar-refractivity contribution >= 4 is 10.0 Å². The topological polar surface area (TPSA) is 37.4 Å². The van der Waals surface area contributed by atoms with Gasteiger partial charge in [-0.3, -0.25) is 0 Å². The van der Waals surface area contributed by atoms with Crippen molar-refractivity contribution in [2.24, 2.45) is 5.92 Å². The standard InChI is InChI=1S/C14H21NO2S/c1-3-13-5-4-10-15(11-13)18(16,17)14-8-6-12(2)7-9-14/h6-9,13H,3-5,10-11H2,1-2H3. The lowest BCUT2D eigenvalue weighted by Crippen LogP contribution is -2.39. The summed E-state index contributed by atoms with van der Waals surface area (Å²) in [6, 6.07) is 7.13. The summed E-state index contributed by atoms with van der Waals surface area (Å²) in [5.74, 6) is 0.513. The molecule has 0 spiro atoms. The minimum atomic E-state index is -3.29. The highest BCUT2D eigenvalue weighted by atomic mass is 32.2. The van der Waals surface area contributed by atoms with Crippen LogP contribution in [-0.4, -0.2) is 25.8 Å². The van der Waals surface area contributed by atoms with Crippen LogP contribution in [0, 0.1) is 12.8 Å². The molecule has 1 saturated heterocycles. The Morgan fingerprint density at radius 1 is 1.28 bits per heavy atom. The predicted octanol–water partition coefficient (Wildman–Crippen LogP) is 2.81. The number of benzene rings is 1. The first-order valence-electron chi connectivity index (χ1n) is 6.61. The van der Waals surface area contributed by atoms with E-state index < -0.39 is 10.0 Å². The van der Waals surface area contributed by atoms with Gasteiger partial charge in [0.1, 0.15) is 0 Å². The summed E-state index contributed by atoms with van der Waals surface area (Å²) in [6.45, 7) is 5.43. The van der Waals surface area contributed by atoms with Crippen LogP contribution in [0.3, 0.4) is 0 Å². The molecule has 0 aromatic heterocycles. The molecule has 0 bridgehead atoms. The van der Waals surface area contributed by atoms with Crippen molar-refractivity contribution in [3.8, 4) is 0 Å². The number of hydrogen-bond acceptors (Lipinski definition) is 2. The van der Waals surface area contributed by atoms with Crippen LogP contribution >= 0.6 is 0 Å². The number of hydrogen-bond donors (Lipinski definition) is 0. The Morgan fingerprint density at radius 2 is 1.94 bits per heavy atom. The Morgan fingerprint density at radius 3 is 2.56 bits per heavy atom. The normalized spacial score (nSPS) is 22.0. The van der Waals surface area contributed by atoms with Crippen LogP contribution in [-0.2, 0) is 10.0 Å². The van der Waals surface area contributed by atoms with Gasteiger partial charge in [-0.15, -0.1) is 0 Å². The first-order chi connectivity index (χ1) is 8.54. The molecule has 0 saturated carbocycles. The second-order valence-corrected chi connectivity index (χ2v) is 7.03. The molecule has 0 aliphatic carbocycles. The lowest BCUT2D eigenvalue weighted by atomic mass is 9.97. The van der Waals surface area contributed by atoms with E-state index in [-0.39, 0.29) is 0 Å². The lowest BCUT2D eigenvalue weighted by Gasteiger charge is -2.31. The van der Waals surface area contributed by atoms with Crippen LogP contribution in [0.25, 0.3) is 0 Å². The van der Waals surface area contributed by atoms with E-state index in [4.69, 9.17) is 0 Å². The minimum Gasteiger partial charge on any atom is -0.207 e. The Hall–Kier alpha value is -0.870. The predicted molar refractivity (Wildman–Crippen MR) is 73.0 cm³/mol. The minimum absolute atomic E-state index is 0.421. The average Bonchev–Trinajstić information content (AvgIpc) is 2.39.